The number of hydrogen-bond donors (Lipinski definition) is 4. The number of piperazine rings is 1. The fraction of sp³-hybridized carbons (Fsp3) is 0.415. The number of methoxy groups -OCH3 is 1. The van der Waals surface area contributed by atoms with Gasteiger partial charge in [0.1, 0.15) is 18.1 Å². The number of aromatic nitrogens is 1. The minimum absolute atomic E-state index is 0.00211. The number of esters is 2. The van der Waals surface area contributed by atoms with Crippen molar-refractivity contribution < 1.29 is 43.5 Å². The smallest absolute Gasteiger partial charge is 0.338 e. The molecule has 2 saturated heterocycles. The zero-order valence-electron chi connectivity index (χ0n) is 31.2. The summed E-state index contributed by atoms with van der Waals surface area (Å²) in [5.74, 6) is 1.43. The van der Waals surface area contributed by atoms with Crippen molar-refractivity contribution in [1.82, 2.24) is 20.1 Å². The number of phenols is 2. The number of rotatable bonds is 2. The fourth-order valence-electron chi connectivity index (χ4n) is 10.4. The lowest BCUT2D eigenvalue weighted by molar-refractivity contribution is -0.155. The molecule has 4 N–H and O–H groups in total. The van der Waals surface area contributed by atoms with Crippen molar-refractivity contribution in [2.45, 2.75) is 68.6 Å². The predicted octanol–water partition coefficient (Wildman–Crippen LogP) is 5.08. The molecule has 13 nitrogen and oxygen atoms in total. The number of phenolic OH excluding ortho intramolecular Hbond substituents is 2. The number of allylic oxidation sites excluding steroid dienone is 1. The lowest BCUT2D eigenvalue weighted by Gasteiger charge is -2.60. The molecule has 286 valence electrons. The molecule has 0 aliphatic carbocycles. The van der Waals surface area contributed by atoms with Gasteiger partial charge in [-0.25, -0.2) is 4.79 Å². The van der Waals surface area contributed by atoms with Gasteiger partial charge in [0.15, 0.2) is 28.5 Å². The molecule has 1 spiro atoms. The minimum atomic E-state index is -1.38. The van der Waals surface area contributed by atoms with Gasteiger partial charge < -0.3 is 44.2 Å². The van der Waals surface area contributed by atoms with Crippen LogP contribution >= 0.6 is 11.8 Å². The van der Waals surface area contributed by atoms with E-state index in [0.717, 1.165) is 44.3 Å². The van der Waals surface area contributed by atoms with Gasteiger partial charge in [-0.15, -0.1) is 11.8 Å². The Balaban J connectivity index is 1.23. The molecule has 4 bridgehead atoms. The summed E-state index contributed by atoms with van der Waals surface area (Å²) in [5, 5.41) is 26.4. The highest BCUT2D eigenvalue weighted by Gasteiger charge is 2.59. The van der Waals surface area contributed by atoms with Crippen molar-refractivity contribution in [3.05, 3.63) is 81.2 Å². The number of H-pyrrole nitrogens is 1. The van der Waals surface area contributed by atoms with Crippen molar-refractivity contribution in [2.24, 2.45) is 0 Å². The van der Waals surface area contributed by atoms with E-state index in [1.807, 2.05) is 19.9 Å². The van der Waals surface area contributed by atoms with Crippen LogP contribution in [0.5, 0.6) is 34.5 Å². The molecule has 14 heteroatoms. The van der Waals surface area contributed by atoms with Gasteiger partial charge in [0.25, 0.3) is 0 Å². The standard InChI is InChI=1S/C41H42N4O9S/c1-17-9-21-11-22-13-45-27-14-51-40(49)41(39-25(10-18(2)43-41)24-12-23(47)7-8-26(24)42-39)15-55-38(32(45)31(44(22)5)28(21)33(48)34(17)50-6)30-29(27)37-36(52-16-53-37)19(3)35(30)54-20(4)46/h7-9,12,22,27,31-32,38,42-43,47-48H,2,10-11,13-16H2,1,3-6H3/t22-,27?,31+,32?,38+,41+/m0/s1. The number of likely N-dealkylation sites (N-methyl/N-ethyl adjacent to an activating group) is 1. The van der Waals surface area contributed by atoms with Crippen LogP contribution in [0, 0.1) is 13.8 Å². The third-order valence-corrected chi connectivity index (χ3v) is 14.1. The number of aromatic hydroxyl groups is 2. The van der Waals surface area contributed by atoms with Crippen LogP contribution in [0.25, 0.3) is 10.9 Å². The Morgan fingerprint density at radius 1 is 1.09 bits per heavy atom. The van der Waals surface area contributed by atoms with Crippen molar-refractivity contribution in [3.8, 4) is 34.5 Å². The van der Waals surface area contributed by atoms with Gasteiger partial charge in [-0.05, 0) is 62.2 Å². The Morgan fingerprint density at radius 2 is 1.89 bits per heavy atom. The van der Waals surface area contributed by atoms with Crippen LogP contribution in [-0.2, 0) is 32.7 Å². The number of ether oxygens (including phenoxy) is 5. The molecule has 2 unspecified atom stereocenters. The number of fused-ring (bicyclic) bond motifs is 11. The van der Waals surface area contributed by atoms with Crippen LogP contribution in [-0.4, -0.2) is 88.9 Å². The van der Waals surface area contributed by atoms with E-state index in [9.17, 15) is 19.8 Å². The second-order valence-corrected chi connectivity index (χ2v) is 16.7. The van der Waals surface area contributed by atoms with Crippen LogP contribution in [0.15, 0.2) is 36.5 Å². The first-order valence-electron chi connectivity index (χ1n) is 18.5. The molecule has 7 aliphatic rings. The minimum Gasteiger partial charge on any atom is -0.508 e. The summed E-state index contributed by atoms with van der Waals surface area (Å²) in [6.45, 7) is 10.1. The monoisotopic (exact) mass is 766 g/mol. The third kappa shape index (κ3) is 4.67. The molecule has 11 rings (SSSR count). The molecular weight excluding hydrogens is 725 g/mol. The molecular formula is C41H42N4O9S. The summed E-state index contributed by atoms with van der Waals surface area (Å²) in [6, 6.07) is 6.19. The summed E-state index contributed by atoms with van der Waals surface area (Å²) in [7, 11) is 3.68. The Morgan fingerprint density at radius 3 is 2.67 bits per heavy atom. The van der Waals surface area contributed by atoms with E-state index in [0.29, 0.717) is 59.3 Å². The van der Waals surface area contributed by atoms with Crippen LogP contribution in [0.4, 0.5) is 0 Å². The summed E-state index contributed by atoms with van der Waals surface area (Å²) in [6.07, 6.45) is 1.16. The zero-order chi connectivity index (χ0) is 38.2. The maximum Gasteiger partial charge on any atom is 0.338 e. The number of nitrogens with zero attached hydrogens (tertiary/aromatic N) is 2. The highest BCUT2D eigenvalue weighted by molar-refractivity contribution is 7.99. The van der Waals surface area contributed by atoms with Gasteiger partial charge in [0, 0.05) is 76.6 Å². The quantitative estimate of drug-likeness (QED) is 0.159. The fourth-order valence-corrected chi connectivity index (χ4v) is 12.1. The number of aromatic amines is 1. The zero-order valence-corrected chi connectivity index (χ0v) is 32.0. The summed E-state index contributed by atoms with van der Waals surface area (Å²) in [5.41, 5.74) is 6.54. The molecule has 0 saturated carbocycles. The summed E-state index contributed by atoms with van der Waals surface area (Å²) in [4.78, 5) is 36.1. The van der Waals surface area contributed by atoms with Crippen LogP contribution in [0.3, 0.4) is 0 Å². The van der Waals surface area contributed by atoms with E-state index in [1.165, 1.54) is 6.92 Å². The van der Waals surface area contributed by atoms with Crippen molar-refractivity contribution in [2.75, 3.05) is 39.9 Å². The highest BCUT2D eigenvalue weighted by atomic mass is 32.2. The maximum atomic E-state index is 14.9. The topological polar surface area (TPSA) is 155 Å². The second kappa shape index (κ2) is 12.0. The van der Waals surface area contributed by atoms with E-state index >= 15 is 0 Å². The molecule has 3 aromatic carbocycles. The molecule has 6 atom stereocenters. The summed E-state index contributed by atoms with van der Waals surface area (Å²) < 4.78 is 30.8. The van der Waals surface area contributed by atoms with E-state index in [4.69, 9.17) is 23.7 Å². The number of carbonyl (C=O) groups excluding carboxylic acids is 2. The van der Waals surface area contributed by atoms with Gasteiger partial charge in [0.2, 0.25) is 6.79 Å². The van der Waals surface area contributed by atoms with Crippen molar-refractivity contribution in [1.29, 1.82) is 0 Å². The highest BCUT2D eigenvalue weighted by Crippen LogP contribution is 2.64. The van der Waals surface area contributed by atoms with Crippen molar-refractivity contribution in [3.63, 3.8) is 0 Å². The van der Waals surface area contributed by atoms with Gasteiger partial charge in [0.05, 0.1) is 30.1 Å². The van der Waals surface area contributed by atoms with E-state index in [2.05, 4.69) is 39.8 Å². The van der Waals surface area contributed by atoms with E-state index in [1.54, 1.807) is 31.0 Å². The number of carbonyl (C=O) groups is 2. The van der Waals surface area contributed by atoms with E-state index in [-0.39, 0.29) is 48.8 Å². The van der Waals surface area contributed by atoms with Gasteiger partial charge in [-0.3, -0.25) is 14.6 Å². The number of nitrogens with one attached hydrogen (secondary N) is 2. The molecule has 7 aliphatic heterocycles. The predicted molar refractivity (Wildman–Crippen MR) is 203 cm³/mol. The van der Waals surface area contributed by atoms with Crippen LogP contribution in [0.1, 0.15) is 68.9 Å². The Bertz CT molecular complexity index is 2390. The number of hydrogen-bond acceptors (Lipinski definition) is 13. The lowest BCUT2D eigenvalue weighted by Crippen LogP contribution is -2.65. The molecule has 0 amide bonds. The average molecular weight is 767 g/mol. The first-order valence-corrected chi connectivity index (χ1v) is 19.6. The molecule has 0 radical (unpaired) electrons. The van der Waals surface area contributed by atoms with Crippen LogP contribution < -0.4 is 24.3 Å². The first kappa shape index (κ1) is 34.4. The molecule has 4 aromatic rings. The lowest BCUT2D eigenvalue weighted by atomic mass is 9.73. The largest absolute Gasteiger partial charge is 0.508 e. The SMILES string of the molecule is C=C1Cc2c([nH]c3ccc(O)cc23)[C@@]2(CS[C@@H]3c4c(OC(C)=O)c(C)c5c(c4C(COC2=O)N2C[C@@H]4Cc6cc(C)c(OC)c(O)c6[C@H](C32)N4C)OCO5)N1. The molecule has 2 fully saturated rings. The summed E-state index contributed by atoms with van der Waals surface area (Å²) >= 11 is 1.57. The maximum absolute atomic E-state index is 14.9. The Hall–Kier alpha value is -5.05. The Labute approximate surface area is 321 Å². The van der Waals surface area contributed by atoms with Crippen LogP contribution in [0.2, 0.25) is 0 Å². The van der Waals surface area contributed by atoms with Crippen molar-refractivity contribution >= 4 is 34.6 Å². The molecule has 1 aromatic heterocycles. The first-order chi connectivity index (χ1) is 26.4. The normalized spacial score (nSPS) is 27.8. The van der Waals surface area contributed by atoms with Gasteiger partial charge in [-0.1, -0.05) is 12.6 Å². The number of benzene rings is 3. The Kier molecular flexibility index (Phi) is 7.50. The number of aryl methyl sites for hydroxylation is 1. The molecule has 8 heterocycles. The van der Waals surface area contributed by atoms with Gasteiger partial charge in [-0.2, -0.15) is 0 Å². The molecule has 55 heavy (non-hydrogen) atoms. The third-order valence-electron chi connectivity index (χ3n) is 12.6. The average Bonchev–Trinajstić information content (AvgIpc) is 3.77. The van der Waals surface area contributed by atoms with Gasteiger partial charge >= 0.3 is 11.9 Å². The second-order valence-electron chi connectivity index (χ2n) is 15.6. The van der Waals surface area contributed by atoms with E-state index < -0.39 is 28.8 Å². The number of thioether (sulfide) groups is 1.